The number of nitrogens with zero attached hydrogens (tertiary/aromatic N) is 2. The molecule has 0 aromatic heterocycles. The first-order valence-electron chi connectivity index (χ1n) is 12.6. The molecule has 0 aliphatic carbocycles. The molecule has 6 rings (SSSR count). The number of ether oxygens (including phenoxy) is 3. The summed E-state index contributed by atoms with van der Waals surface area (Å²) in [5.41, 5.74) is 8.27. The molecule has 4 aliphatic heterocycles. The minimum absolute atomic E-state index is 0.0247. The van der Waals surface area contributed by atoms with Gasteiger partial charge in [-0.2, -0.15) is 0 Å². The van der Waals surface area contributed by atoms with Gasteiger partial charge in [-0.3, -0.25) is 9.80 Å². The number of cyclic esters (lactones) is 2. The Morgan fingerprint density at radius 3 is 2.34 bits per heavy atom. The van der Waals surface area contributed by atoms with Gasteiger partial charge < -0.3 is 14.2 Å². The number of hydrogen-bond donors (Lipinski definition) is 0. The molecule has 3 atom stereocenters. The Labute approximate surface area is 205 Å². The molecular formula is C28H32N2O5. The van der Waals surface area contributed by atoms with E-state index in [9.17, 15) is 9.59 Å². The van der Waals surface area contributed by atoms with Crippen LogP contribution < -0.4 is 0 Å². The van der Waals surface area contributed by atoms with Gasteiger partial charge in [0.05, 0.1) is 23.8 Å². The maximum atomic E-state index is 11.9. The van der Waals surface area contributed by atoms with Crippen LogP contribution in [-0.4, -0.2) is 67.1 Å². The largest absolute Gasteiger partial charge is 0.457 e. The standard InChI is InChI=1S/C28H32N2O5/c1-16(20-4-6-22-24(17(20)2)14-34-27(22)31)10-29-8-9-30-12-26(33-13-19(30)11-29)21-5-7-23-25(18(21)3)15-35-28(23)32/h4-7,16,19,26H,8-15H2,1-3H3/t16?,19-,26-/m0/s1. The molecule has 0 amide bonds. The van der Waals surface area contributed by atoms with Crippen LogP contribution in [0.15, 0.2) is 24.3 Å². The predicted molar refractivity (Wildman–Crippen MR) is 130 cm³/mol. The average molecular weight is 477 g/mol. The predicted octanol–water partition coefficient (Wildman–Crippen LogP) is 3.51. The lowest BCUT2D eigenvalue weighted by Gasteiger charge is -2.47. The Morgan fingerprint density at radius 2 is 1.60 bits per heavy atom. The van der Waals surface area contributed by atoms with E-state index in [2.05, 4.69) is 36.6 Å². The number of hydrogen-bond acceptors (Lipinski definition) is 7. The number of carbonyl (C=O) groups excluding carboxylic acids is 2. The van der Waals surface area contributed by atoms with E-state index in [4.69, 9.17) is 14.2 Å². The van der Waals surface area contributed by atoms with Crippen molar-refractivity contribution < 1.29 is 23.8 Å². The number of esters is 2. The first kappa shape index (κ1) is 22.7. The van der Waals surface area contributed by atoms with Crippen molar-refractivity contribution in [2.24, 2.45) is 0 Å². The van der Waals surface area contributed by atoms with Crippen molar-refractivity contribution in [2.75, 3.05) is 39.3 Å². The Kier molecular flexibility index (Phi) is 5.66. The van der Waals surface area contributed by atoms with Gasteiger partial charge in [-0.15, -0.1) is 0 Å². The SMILES string of the molecule is Cc1c(C(C)CN2CCN3C[C@@H](c4ccc5c(c4C)COC5=O)OC[C@@H]3C2)ccc2c1COC2=O. The molecule has 0 N–H and O–H groups in total. The summed E-state index contributed by atoms with van der Waals surface area (Å²) < 4.78 is 16.8. The Morgan fingerprint density at radius 1 is 0.914 bits per heavy atom. The molecule has 7 heteroatoms. The number of piperazine rings is 1. The monoisotopic (exact) mass is 476 g/mol. The smallest absolute Gasteiger partial charge is 0.338 e. The zero-order valence-corrected chi connectivity index (χ0v) is 20.6. The van der Waals surface area contributed by atoms with E-state index in [1.807, 2.05) is 18.2 Å². The van der Waals surface area contributed by atoms with Gasteiger partial charge in [-0.25, -0.2) is 9.59 Å². The number of morpholine rings is 1. The highest BCUT2D eigenvalue weighted by atomic mass is 16.5. The van der Waals surface area contributed by atoms with Crippen LogP contribution in [0.25, 0.3) is 0 Å². The third-order valence-corrected chi connectivity index (χ3v) is 8.40. The van der Waals surface area contributed by atoms with Gasteiger partial charge in [0.25, 0.3) is 0 Å². The van der Waals surface area contributed by atoms with E-state index in [0.717, 1.165) is 55.0 Å². The van der Waals surface area contributed by atoms with Gasteiger partial charge in [0.15, 0.2) is 0 Å². The molecule has 2 aromatic carbocycles. The molecule has 2 fully saturated rings. The van der Waals surface area contributed by atoms with Crippen LogP contribution in [0.1, 0.15) is 73.0 Å². The van der Waals surface area contributed by atoms with Crippen molar-refractivity contribution in [2.45, 2.75) is 52.0 Å². The van der Waals surface area contributed by atoms with E-state index in [0.29, 0.717) is 37.3 Å². The molecule has 7 nitrogen and oxygen atoms in total. The molecule has 0 bridgehead atoms. The maximum Gasteiger partial charge on any atom is 0.338 e. The molecule has 0 saturated carbocycles. The number of benzene rings is 2. The van der Waals surface area contributed by atoms with Crippen LogP contribution in [0.4, 0.5) is 0 Å². The zero-order chi connectivity index (χ0) is 24.3. The summed E-state index contributed by atoms with van der Waals surface area (Å²) in [6.45, 7) is 12.8. The summed E-state index contributed by atoms with van der Waals surface area (Å²) >= 11 is 0. The lowest BCUT2D eigenvalue weighted by atomic mass is 9.90. The van der Waals surface area contributed by atoms with Gasteiger partial charge in [-0.1, -0.05) is 19.1 Å². The lowest BCUT2D eigenvalue weighted by Crippen LogP contribution is -2.58. The van der Waals surface area contributed by atoms with E-state index in [1.54, 1.807) is 0 Å². The van der Waals surface area contributed by atoms with Crippen LogP contribution >= 0.6 is 0 Å². The quantitative estimate of drug-likeness (QED) is 0.626. The molecule has 35 heavy (non-hydrogen) atoms. The summed E-state index contributed by atoms with van der Waals surface area (Å²) in [5, 5.41) is 0. The summed E-state index contributed by atoms with van der Waals surface area (Å²) in [5.74, 6) is -0.0498. The van der Waals surface area contributed by atoms with E-state index >= 15 is 0 Å². The van der Waals surface area contributed by atoms with Gasteiger partial charge >= 0.3 is 11.9 Å². The van der Waals surface area contributed by atoms with Gasteiger partial charge in [-0.05, 0) is 54.2 Å². The number of carbonyl (C=O) groups is 2. The second-order valence-corrected chi connectivity index (χ2v) is 10.4. The summed E-state index contributed by atoms with van der Waals surface area (Å²) in [6, 6.07) is 8.36. The first-order chi connectivity index (χ1) is 16.9. The van der Waals surface area contributed by atoms with Crippen molar-refractivity contribution in [1.82, 2.24) is 9.80 Å². The second-order valence-electron chi connectivity index (χ2n) is 10.4. The van der Waals surface area contributed by atoms with E-state index in [1.165, 1.54) is 16.7 Å². The number of rotatable bonds is 4. The average Bonchev–Trinajstić information content (AvgIpc) is 3.43. The van der Waals surface area contributed by atoms with Crippen LogP contribution in [0.2, 0.25) is 0 Å². The first-order valence-corrected chi connectivity index (χ1v) is 12.6. The van der Waals surface area contributed by atoms with Crippen molar-refractivity contribution in [3.05, 3.63) is 68.8 Å². The molecule has 0 spiro atoms. The molecule has 4 aliphatic rings. The highest BCUT2D eigenvalue weighted by Crippen LogP contribution is 2.34. The lowest BCUT2D eigenvalue weighted by molar-refractivity contribution is -0.0908. The minimum atomic E-state index is -0.221. The molecule has 1 unspecified atom stereocenters. The van der Waals surface area contributed by atoms with Crippen LogP contribution in [0, 0.1) is 13.8 Å². The fraction of sp³-hybridized carbons (Fsp3) is 0.500. The Balaban J connectivity index is 1.10. The molecular weight excluding hydrogens is 444 g/mol. The van der Waals surface area contributed by atoms with Crippen molar-refractivity contribution >= 4 is 11.9 Å². The number of fused-ring (bicyclic) bond motifs is 3. The third kappa shape index (κ3) is 3.86. The van der Waals surface area contributed by atoms with E-state index < -0.39 is 0 Å². The molecule has 184 valence electrons. The Hall–Kier alpha value is -2.74. The van der Waals surface area contributed by atoms with Crippen molar-refractivity contribution in [3.8, 4) is 0 Å². The van der Waals surface area contributed by atoms with Crippen LogP contribution in [-0.2, 0) is 27.4 Å². The normalized spacial score (nSPS) is 25.0. The molecule has 0 radical (unpaired) electrons. The van der Waals surface area contributed by atoms with Crippen LogP contribution in [0.5, 0.6) is 0 Å². The van der Waals surface area contributed by atoms with Gasteiger partial charge in [0.1, 0.15) is 13.2 Å². The molecule has 2 saturated heterocycles. The molecule has 2 aromatic rings. The zero-order valence-electron chi connectivity index (χ0n) is 20.6. The maximum absolute atomic E-state index is 11.9. The second kappa shape index (κ2) is 8.73. The summed E-state index contributed by atoms with van der Waals surface area (Å²) in [4.78, 5) is 28.9. The Bertz CT molecular complexity index is 1210. The summed E-state index contributed by atoms with van der Waals surface area (Å²) in [6.07, 6.45) is 0.0247. The van der Waals surface area contributed by atoms with Crippen molar-refractivity contribution in [3.63, 3.8) is 0 Å². The fourth-order valence-corrected chi connectivity index (χ4v) is 6.31. The van der Waals surface area contributed by atoms with Crippen LogP contribution in [0.3, 0.4) is 0 Å². The van der Waals surface area contributed by atoms with Crippen molar-refractivity contribution in [1.29, 1.82) is 0 Å². The summed E-state index contributed by atoms with van der Waals surface area (Å²) in [7, 11) is 0. The highest BCUT2D eigenvalue weighted by Gasteiger charge is 2.36. The van der Waals surface area contributed by atoms with E-state index in [-0.39, 0.29) is 18.0 Å². The molecule has 4 heterocycles. The topological polar surface area (TPSA) is 68.3 Å². The third-order valence-electron chi connectivity index (χ3n) is 8.40. The van der Waals surface area contributed by atoms with Gasteiger partial charge in [0.2, 0.25) is 0 Å². The van der Waals surface area contributed by atoms with Gasteiger partial charge in [0, 0.05) is 49.9 Å². The fourth-order valence-electron chi connectivity index (χ4n) is 6.31. The minimum Gasteiger partial charge on any atom is -0.457 e. The highest BCUT2D eigenvalue weighted by molar-refractivity contribution is 5.94.